The van der Waals surface area contributed by atoms with Crippen LogP contribution in [0.25, 0.3) is 0 Å². The molecule has 3 rings (SSSR count). The van der Waals surface area contributed by atoms with E-state index in [1.165, 1.54) is 29.7 Å². The average molecular weight is 283 g/mol. The molecule has 0 amide bonds. The minimum Gasteiger partial charge on any atom is -0.486 e. The molecule has 0 fully saturated rings. The van der Waals surface area contributed by atoms with Crippen LogP contribution < -0.4 is 10.5 Å². The van der Waals surface area contributed by atoms with Crippen molar-refractivity contribution < 1.29 is 4.74 Å². The number of aryl methyl sites for hydroxylation is 2. The Kier molecular flexibility index (Phi) is 4.15. The fourth-order valence-corrected chi connectivity index (χ4v) is 2.74. The van der Waals surface area contributed by atoms with E-state index in [0.717, 1.165) is 30.1 Å². The number of nitrogens with zero attached hydrogens (tertiary/aromatic N) is 2. The molecule has 1 aromatic heterocycles. The third-order valence-electron chi connectivity index (χ3n) is 3.90. The van der Waals surface area contributed by atoms with Crippen molar-refractivity contribution in [2.75, 3.05) is 0 Å². The van der Waals surface area contributed by atoms with E-state index in [9.17, 15) is 0 Å². The highest BCUT2D eigenvalue weighted by Crippen LogP contribution is 2.22. The Labute approximate surface area is 125 Å². The molecule has 0 atom stereocenters. The van der Waals surface area contributed by atoms with E-state index in [2.05, 4.69) is 16.9 Å². The van der Waals surface area contributed by atoms with Gasteiger partial charge in [-0.05, 0) is 50.3 Å². The van der Waals surface area contributed by atoms with Crippen LogP contribution in [-0.2, 0) is 26.0 Å². The Morgan fingerprint density at radius 1 is 1.10 bits per heavy atom. The zero-order valence-corrected chi connectivity index (χ0v) is 12.4. The third-order valence-corrected chi connectivity index (χ3v) is 3.90. The number of ether oxygens (including phenoxy) is 1. The van der Waals surface area contributed by atoms with E-state index in [-0.39, 0.29) is 0 Å². The van der Waals surface area contributed by atoms with E-state index in [4.69, 9.17) is 10.5 Å². The molecule has 0 unspecified atom stereocenters. The van der Waals surface area contributed by atoms with Crippen LogP contribution in [-0.4, -0.2) is 9.97 Å². The van der Waals surface area contributed by atoms with Crippen LogP contribution in [0.15, 0.2) is 24.3 Å². The lowest BCUT2D eigenvalue weighted by atomic mass is 9.94. The molecule has 0 saturated carbocycles. The van der Waals surface area contributed by atoms with Crippen molar-refractivity contribution in [3.63, 3.8) is 0 Å². The highest BCUT2D eigenvalue weighted by molar-refractivity contribution is 5.29. The molecule has 0 radical (unpaired) electrons. The smallest absolute Gasteiger partial charge is 0.166 e. The number of nitrogens with two attached hydrogens (primary N) is 1. The quantitative estimate of drug-likeness (QED) is 0.937. The predicted molar refractivity (Wildman–Crippen MR) is 82.1 cm³/mol. The van der Waals surface area contributed by atoms with Gasteiger partial charge in [0.15, 0.2) is 5.82 Å². The molecule has 21 heavy (non-hydrogen) atoms. The summed E-state index contributed by atoms with van der Waals surface area (Å²) in [7, 11) is 0. The van der Waals surface area contributed by atoms with E-state index < -0.39 is 0 Å². The van der Waals surface area contributed by atoms with E-state index in [1.54, 1.807) is 0 Å². The molecule has 0 aliphatic heterocycles. The van der Waals surface area contributed by atoms with Crippen LogP contribution in [0.5, 0.6) is 5.75 Å². The molecule has 2 N–H and O–H groups in total. The summed E-state index contributed by atoms with van der Waals surface area (Å²) in [6.45, 7) is 2.93. The van der Waals surface area contributed by atoms with Crippen LogP contribution in [0.4, 0.5) is 0 Å². The van der Waals surface area contributed by atoms with E-state index >= 15 is 0 Å². The van der Waals surface area contributed by atoms with Gasteiger partial charge in [0.2, 0.25) is 0 Å². The van der Waals surface area contributed by atoms with Crippen LogP contribution in [0, 0.1) is 6.92 Å². The number of hydrogen-bond donors (Lipinski definition) is 1. The molecule has 0 saturated heterocycles. The molecule has 1 heterocycles. The van der Waals surface area contributed by atoms with Gasteiger partial charge in [-0.2, -0.15) is 0 Å². The van der Waals surface area contributed by atoms with Gasteiger partial charge in [-0.3, -0.25) is 0 Å². The first-order chi connectivity index (χ1) is 10.3. The van der Waals surface area contributed by atoms with Crippen molar-refractivity contribution in [2.24, 2.45) is 5.73 Å². The highest BCUT2D eigenvalue weighted by atomic mass is 16.5. The Bertz CT molecular complexity index is 605. The number of fused-ring (bicyclic) bond motifs is 1. The maximum absolute atomic E-state index is 5.84. The highest BCUT2D eigenvalue weighted by Gasteiger charge is 2.17. The van der Waals surface area contributed by atoms with Gasteiger partial charge < -0.3 is 10.5 Å². The number of hydrogen-bond acceptors (Lipinski definition) is 4. The van der Waals surface area contributed by atoms with Gasteiger partial charge in [0.1, 0.15) is 12.4 Å². The van der Waals surface area contributed by atoms with Gasteiger partial charge in [0, 0.05) is 12.2 Å². The summed E-state index contributed by atoms with van der Waals surface area (Å²) in [6.07, 6.45) is 4.50. The topological polar surface area (TPSA) is 61.0 Å². The molecular formula is C17H21N3O. The lowest BCUT2D eigenvalue weighted by molar-refractivity contribution is 0.294. The van der Waals surface area contributed by atoms with Gasteiger partial charge in [-0.1, -0.05) is 17.7 Å². The fourth-order valence-electron chi connectivity index (χ4n) is 2.74. The molecule has 4 heteroatoms. The molecule has 0 spiro atoms. The van der Waals surface area contributed by atoms with E-state index in [0.29, 0.717) is 13.2 Å². The van der Waals surface area contributed by atoms with Crippen molar-refractivity contribution in [1.82, 2.24) is 9.97 Å². The van der Waals surface area contributed by atoms with Crippen molar-refractivity contribution in [2.45, 2.75) is 45.8 Å². The maximum Gasteiger partial charge on any atom is 0.166 e. The van der Waals surface area contributed by atoms with Crippen molar-refractivity contribution >= 4 is 0 Å². The number of benzene rings is 1. The number of aromatic nitrogens is 2. The van der Waals surface area contributed by atoms with Crippen molar-refractivity contribution in [3.05, 3.63) is 52.6 Å². The summed E-state index contributed by atoms with van der Waals surface area (Å²) in [6, 6.07) is 8.01. The maximum atomic E-state index is 5.84. The summed E-state index contributed by atoms with van der Waals surface area (Å²) in [5.41, 5.74) is 10.5. The Morgan fingerprint density at radius 3 is 2.62 bits per heavy atom. The van der Waals surface area contributed by atoms with Gasteiger partial charge in [0.25, 0.3) is 0 Å². The number of rotatable bonds is 4. The zero-order chi connectivity index (χ0) is 14.7. The summed E-state index contributed by atoms with van der Waals surface area (Å²) in [5.74, 6) is 1.58. The summed E-state index contributed by atoms with van der Waals surface area (Å²) in [5, 5.41) is 0. The molecule has 1 aromatic carbocycles. The van der Waals surface area contributed by atoms with Crippen LogP contribution in [0.3, 0.4) is 0 Å². The second kappa shape index (κ2) is 6.22. The second-order valence-electron chi connectivity index (χ2n) is 5.52. The van der Waals surface area contributed by atoms with Crippen molar-refractivity contribution in [3.8, 4) is 5.75 Å². The van der Waals surface area contributed by atoms with Gasteiger partial charge >= 0.3 is 0 Å². The van der Waals surface area contributed by atoms with Crippen LogP contribution >= 0.6 is 0 Å². The lowest BCUT2D eigenvalue weighted by Crippen LogP contribution is -2.17. The third kappa shape index (κ3) is 3.22. The van der Waals surface area contributed by atoms with Gasteiger partial charge in [0.05, 0.1) is 5.69 Å². The SMILES string of the molecule is Cc1ccc(OCc2nc(CN)c3c(n2)CCCC3)cc1. The van der Waals surface area contributed by atoms with Crippen LogP contribution in [0.2, 0.25) is 0 Å². The van der Waals surface area contributed by atoms with Gasteiger partial charge in [-0.15, -0.1) is 0 Å². The largest absolute Gasteiger partial charge is 0.486 e. The first kappa shape index (κ1) is 14.0. The molecular weight excluding hydrogens is 262 g/mol. The minimum atomic E-state index is 0.392. The Balaban J connectivity index is 1.77. The van der Waals surface area contributed by atoms with Gasteiger partial charge in [-0.25, -0.2) is 9.97 Å². The normalized spacial score (nSPS) is 13.8. The first-order valence-electron chi connectivity index (χ1n) is 7.53. The van der Waals surface area contributed by atoms with E-state index in [1.807, 2.05) is 24.3 Å². The minimum absolute atomic E-state index is 0.392. The van der Waals surface area contributed by atoms with Crippen LogP contribution in [0.1, 0.15) is 41.2 Å². The zero-order valence-electron chi connectivity index (χ0n) is 12.4. The fraction of sp³-hybridized carbons (Fsp3) is 0.412. The first-order valence-corrected chi connectivity index (χ1v) is 7.53. The molecule has 110 valence electrons. The molecule has 0 bridgehead atoms. The summed E-state index contributed by atoms with van der Waals surface area (Å²) < 4.78 is 5.77. The second-order valence-corrected chi connectivity index (χ2v) is 5.52. The standard InChI is InChI=1S/C17H21N3O/c1-12-6-8-13(9-7-12)21-11-17-19-15-5-3-2-4-14(15)16(10-18)20-17/h6-9H,2-5,10-11,18H2,1H3. The monoisotopic (exact) mass is 283 g/mol. The Hall–Kier alpha value is -1.94. The predicted octanol–water partition coefficient (Wildman–Crippen LogP) is 2.70. The molecule has 1 aliphatic carbocycles. The molecule has 2 aromatic rings. The Morgan fingerprint density at radius 2 is 1.86 bits per heavy atom. The molecule has 4 nitrogen and oxygen atoms in total. The van der Waals surface area contributed by atoms with Crippen molar-refractivity contribution in [1.29, 1.82) is 0 Å². The summed E-state index contributed by atoms with van der Waals surface area (Å²) in [4.78, 5) is 9.24. The molecule has 1 aliphatic rings. The lowest BCUT2D eigenvalue weighted by Gasteiger charge is -2.18. The summed E-state index contributed by atoms with van der Waals surface area (Å²) >= 11 is 0. The average Bonchev–Trinajstić information content (AvgIpc) is 2.53.